The van der Waals surface area contributed by atoms with Gasteiger partial charge in [-0.15, -0.1) is 0 Å². The van der Waals surface area contributed by atoms with E-state index in [9.17, 15) is 9.00 Å². The quantitative estimate of drug-likeness (QED) is 0.829. The monoisotopic (exact) mass is 260 g/mol. The zero-order valence-electron chi connectivity index (χ0n) is 9.07. The number of carbonyl (C=O) groups excluding carboxylic acids is 1. The van der Waals surface area contributed by atoms with Crippen LogP contribution in [0, 0.1) is 0 Å². The van der Waals surface area contributed by atoms with E-state index in [2.05, 4.69) is 10.3 Å². The van der Waals surface area contributed by atoms with Crippen molar-refractivity contribution < 1.29 is 9.00 Å². The molecule has 4 nitrogen and oxygen atoms in total. The maximum absolute atomic E-state index is 11.7. The Morgan fingerprint density at radius 2 is 2.38 bits per heavy atom. The fraction of sp³-hybridized carbons (Fsp3) is 0.400. The Bertz CT molecular complexity index is 412. The molecule has 1 N–H and O–H groups in total. The van der Waals surface area contributed by atoms with Gasteiger partial charge in [0.25, 0.3) is 5.91 Å². The number of amides is 1. The molecule has 0 radical (unpaired) electrons. The van der Waals surface area contributed by atoms with Gasteiger partial charge in [-0.1, -0.05) is 11.6 Å². The Hall–Kier alpha value is -0.940. The lowest BCUT2D eigenvalue weighted by molar-refractivity contribution is 0.0954. The van der Waals surface area contributed by atoms with Crippen LogP contribution in [0.2, 0.25) is 5.15 Å². The number of aromatic nitrogens is 1. The first-order valence-electron chi connectivity index (χ1n) is 4.73. The van der Waals surface area contributed by atoms with Gasteiger partial charge >= 0.3 is 0 Å². The highest BCUT2D eigenvalue weighted by Gasteiger charge is 2.12. The van der Waals surface area contributed by atoms with E-state index in [4.69, 9.17) is 11.6 Å². The first-order valence-corrected chi connectivity index (χ1v) is 6.73. The summed E-state index contributed by atoms with van der Waals surface area (Å²) < 4.78 is 11.1. The van der Waals surface area contributed by atoms with Crippen molar-refractivity contribution in [2.45, 2.75) is 12.2 Å². The van der Waals surface area contributed by atoms with Crippen molar-refractivity contribution in [2.24, 2.45) is 0 Å². The van der Waals surface area contributed by atoms with Gasteiger partial charge in [0.2, 0.25) is 0 Å². The minimum Gasteiger partial charge on any atom is -0.351 e. The Balaban J connectivity index is 2.60. The summed E-state index contributed by atoms with van der Waals surface area (Å²) >= 11 is 5.77. The average molecular weight is 261 g/mol. The van der Waals surface area contributed by atoms with E-state index in [1.54, 1.807) is 25.3 Å². The summed E-state index contributed by atoms with van der Waals surface area (Å²) in [5, 5.41) is 2.75. The molecule has 16 heavy (non-hydrogen) atoms. The minimum absolute atomic E-state index is 0.0839. The normalized spacial score (nSPS) is 14.2. The van der Waals surface area contributed by atoms with Crippen molar-refractivity contribution in [3.05, 3.63) is 29.0 Å². The molecular formula is C10H13ClN2O2S. The summed E-state index contributed by atoms with van der Waals surface area (Å²) in [5.74, 6) is -0.296. The lowest BCUT2D eigenvalue weighted by atomic mass is 10.2. The zero-order chi connectivity index (χ0) is 12.1. The average Bonchev–Trinajstić information content (AvgIpc) is 2.25. The second kappa shape index (κ2) is 5.96. The minimum atomic E-state index is -0.952. The molecule has 1 heterocycles. The number of pyridine rings is 1. The SMILES string of the molecule is CC(CNC(=O)c1cccnc1Cl)S(C)=O. The van der Waals surface area contributed by atoms with Gasteiger partial charge in [-0.2, -0.15) is 0 Å². The van der Waals surface area contributed by atoms with Crippen LogP contribution in [-0.2, 0) is 10.8 Å². The molecule has 0 aliphatic heterocycles. The molecule has 0 saturated carbocycles. The van der Waals surface area contributed by atoms with Gasteiger partial charge in [0.1, 0.15) is 5.15 Å². The van der Waals surface area contributed by atoms with Crippen molar-refractivity contribution in [1.82, 2.24) is 10.3 Å². The van der Waals surface area contributed by atoms with Crippen LogP contribution < -0.4 is 5.32 Å². The number of carbonyl (C=O) groups is 1. The summed E-state index contributed by atoms with van der Waals surface area (Å²) in [6.45, 7) is 2.16. The Morgan fingerprint density at radius 1 is 1.69 bits per heavy atom. The van der Waals surface area contributed by atoms with Gasteiger partial charge in [0.05, 0.1) is 5.56 Å². The van der Waals surface area contributed by atoms with Crippen LogP contribution in [0.4, 0.5) is 0 Å². The van der Waals surface area contributed by atoms with E-state index < -0.39 is 10.8 Å². The van der Waals surface area contributed by atoms with E-state index in [1.807, 2.05) is 0 Å². The van der Waals surface area contributed by atoms with Gasteiger partial charge in [-0.05, 0) is 19.1 Å². The highest BCUT2D eigenvalue weighted by Crippen LogP contribution is 2.10. The summed E-state index contributed by atoms with van der Waals surface area (Å²) in [4.78, 5) is 15.5. The maximum atomic E-state index is 11.7. The van der Waals surface area contributed by atoms with Crippen LogP contribution >= 0.6 is 11.6 Å². The first kappa shape index (κ1) is 13.1. The van der Waals surface area contributed by atoms with Gasteiger partial charge in [-0.25, -0.2) is 4.98 Å². The highest BCUT2D eigenvalue weighted by molar-refractivity contribution is 7.84. The van der Waals surface area contributed by atoms with E-state index in [0.29, 0.717) is 12.1 Å². The Kier molecular flexibility index (Phi) is 4.89. The number of halogens is 1. The summed E-state index contributed by atoms with van der Waals surface area (Å²) in [5.41, 5.74) is 0.332. The largest absolute Gasteiger partial charge is 0.351 e. The van der Waals surface area contributed by atoms with E-state index in [1.165, 1.54) is 6.20 Å². The predicted molar refractivity (Wildman–Crippen MR) is 65.1 cm³/mol. The van der Waals surface area contributed by atoms with Gasteiger partial charge in [0.15, 0.2) is 0 Å². The highest BCUT2D eigenvalue weighted by atomic mass is 35.5. The lowest BCUT2D eigenvalue weighted by Gasteiger charge is -2.10. The number of nitrogens with one attached hydrogen (secondary N) is 1. The molecule has 0 saturated heterocycles. The van der Waals surface area contributed by atoms with Crippen molar-refractivity contribution in [1.29, 1.82) is 0 Å². The lowest BCUT2D eigenvalue weighted by Crippen LogP contribution is -2.32. The topological polar surface area (TPSA) is 59.1 Å². The summed E-state index contributed by atoms with van der Waals surface area (Å²) in [7, 11) is -0.952. The molecule has 1 aromatic heterocycles. The smallest absolute Gasteiger partial charge is 0.254 e. The van der Waals surface area contributed by atoms with Gasteiger partial charge < -0.3 is 5.32 Å². The third-order valence-electron chi connectivity index (χ3n) is 2.12. The first-order chi connectivity index (χ1) is 7.52. The molecule has 0 aliphatic carbocycles. The van der Waals surface area contributed by atoms with Crippen LogP contribution in [0.15, 0.2) is 18.3 Å². The molecule has 0 fully saturated rings. The molecule has 1 rings (SSSR count). The van der Waals surface area contributed by atoms with Crippen molar-refractivity contribution in [2.75, 3.05) is 12.8 Å². The second-order valence-corrected chi connectivity index (χ2v) is 5.52. The molecule has 6 heteroatoms. The fourth-order valence-electron chi connectivity index (χ4n) is 1.00. The molecule has 1 aromatic rings. The molecular weight excluding hydrogens is 248 g/mol. The van der Waals surface area contributed by atoms with Gasteiger partial charge in [0, 0.05) is 35.0 Å². The number of hydrogen-bond acceptors (Lipinski definition) is 3. The van der Waals surface area contributed by atoms with Crippen molar-refractivity contribution >= 4 is 28.3 Å². The molecule has 0 aliphatic rings. The second-order valence-electron chi connectivity index (χ2n) is 3.36. The molecule has 88 valence electrons. The van der Waals surface area contributed by atoms with E-state index in [0.717, 1.165) is 0 Å². The third kappa shape index (κ3) is 3.57. The van der Waals surface area contributed by atoms with Crippen LogP contribution in [0.1, 0.15) is 17.3 Å². The molecule has 1 amide bonds. The van der Waals surface area contributed by atoms with Crippen molar-refractivity contribution in [3.63, 3.8) is 0 Å². The molecule has 2 atom stereocenters. The Morgan fingerprint density at radius 3 is 2.94 bits per heavy atom. The van der Waals surface area contributed by atoms with Crippen LogP contribution in [-0.4, -0.2) is 33.2 Å². The summed E-state index contributed by atoms with van der Waals surface area (Å²) in [6.07, 6.45) is 3.12. The summed E-state index contributed by atoms with van der Waals surface area (Å²) in [6, 6.07) is 3.24. The molecule has 0 spiro atoms. The number of rotatable bonds is 4. The zero-order valence-corrected chi connectivity index (χ0v) is 10.6. The fourth-order valence-corrected chi connectivity index (χ4v) is 1.53. The van der Waals surface area contributed by atoms with E-state index in [-0.39, 0.29) is 16.3 Å². The third-order valence-corrected chi connectivity index (χ3v) is 3.72. The molecule has 2 unspecified atom stereocenters. The molecule has 0 bridgehead atoms. The molecule has 0 aromatic carbocycles. The number of hydrogen-bond donors (Lipinski definition) is 1. The van der Waals surface area contributed by atoms with Crippen LogP contribution in [0.3, 0.4) is 0 Å². The maximum Gasteiger partial charge on any atom is 0.254 e. The predicted octanol–water partition coefficient (Wildman–Crippen LogP) is 1.23. The van der Waals surface area contributed by atoms with Gasteiger partial charge in [-0.3, -0.25) is 9.00 Å². The number of nitrogens with zero attached hydrogens (tertiary/aromatic N) is 1. The van der Waals surface area contributed by atoms with Crippen molar-refractivity contribution in [3.8, 4) is 0 Å². The Labute approximate surface area is 102 Å². The van der Waals surface area contributed by atoms with E-state index >= 15 is 0 Å². The standard InChI is InChI=1S/C10H13ClN2O2S/c1-7(16(2)15)6-13-10(14)8-4-3-5-12-9(8)11/h3-5,7H,6H2,1-2H3,(H,13,14). The van der Waals surface area contributed by atoms with Crippen LogP contribution in [0.25, 0.3) is 0 Å². The van der Waals surface area contributed by atoms with Crippen LogP contribution in [0.5, 0.6) is 0 Å².